The van der Waals surface area contributed by atoms with Gasteiger partial charge in [0.05, 0.1) is 5.92 Å². The molecule has 2 atom stereocenters. The number of aryl methyl sites for hydroxylation is 1. The summed E-state index contributed by atoms with van der Waals surface area (Å²) in [6.07, 6.45) is 6.50. The lowest BCUT2D eigenvalue weighted by Crippen LogP contribution is -2.46. The summed E-state index contributed by atoms with van der Waals surface area (Å²) >= 11 is 0. The molecule has 4 rings (SSSR count). The highest BCUT2D eigenvalue weighted by Gasteiger charge is 2.38. The third-order valence-electron chi connectivity index (χ3n) is 6.76. The topological polar surface area (TPSA) is 85.5 Å². The molecule has 1 aliphatic carbocycles. The maximum Gasteiger partial charge on any atom is 0.225 e. The fraction of sp³-hybridized carbons (Fsp3) is 0.542. The van der Waals surface area contributed by atoms with E-state index in [1.54, 1.807) is 6.92 Å². The summed E-state index contributed by atoms with van der Waals surface area (Å²) in [5.41, 5.74) is 2.23. The third-order valence-corrected chi connectivity index (χ3v) is 6.76. The molecule has 31 heavy (non-hydrogen) atoms. The zero-order valence-electron chi connectivity index (χ0n) is 18.2. The highest BCUT2D eigenvalue weighted by atomic mass is 16.2. The first kappa shape index (κ1) is 21.4. The fourth-order valence-electron chi connectivity index (χ4n) is 5.15. The zero-order valence-corrected chi connectivity index (χ0v) is 18.2. The van der Waals surface area contributed by atoms with Gasteiger partial charge >= 0.3 is 0 Å². The molecule has 2 N–H and O–H groups in total. The van der Waals surface area contributed by atoms with E-state index in [0.717, 1.165) is 42.1 Å². The summed E-state index contributed by atoms with van der Waals surface area (Å²) in [6.45, 7) is 3.74. The molecule has 2 unspecified atom stereocenters. The third kappa shape index (κ3) is 4.75. The van der Waals surface area contributed by atoms with E-state index in [4.69, 9.17) is 0 Å². The van der Waals surface area contributed by atoms with Crippen LogP contribution in [-0.2, 0) is 20.8 Å². The number of aromatic nitrogens is 1. The van der Waals surface area contributed by atoms with Gasteiger partial charge in [-0.1, -0.05) is 24.6 Å². The number of carbonyl (C=O) groups is 3. The second-order valence-corrected chi connectivity index (χ2v) is 8.70. The van der Waals surface area contributed by atoms with Crippen molar-refractivity contribution in [1.82, 2.24) is 20.1 Å². The first-order chi connectivity index (χ1) is 15.0. The van der Waals surface area contributed by atoms with Gasteiger partial charge in [-0.3, -0.25) is 14.4 Å². The number of fused-ring (bicyclic) bond motifs is 2. The largest absolute Gasteiger partial charge is 0.361 e. The lowest BCUT2D eigenvalue weighted by atomic mass is 10.0. The molecule has 1 aromatic carbocycles. The predicted molar refractivity (Wildman–Crippen MR) is 119 cm³/mol. The van der Waals surface area contributed by atoms with Crippen LogP contribution < -0.4 is 5.32 Å². The van der Waals surface area contributed by atoms with Crippen LogP contribution in [-0.4, -0.2) is 64.7 Å². The van der Waals surface area contributed by atoms with Gasteiger partial charge in [0.25, 0.3) is 0 Å². The Balaban J connectivity index is 1.40. The molecule has 2 aromatic rings. The fourth-order valence-corrected chi connectivity index (χ4v) is 5.15. The van der Waals surface area contributed by atoms with Gasteiger partial charge in [0.1, 0.15) is 0 Å². The minimum absolute atomic E-state index is 0.0124. The maximum atomic E-state index is 13.0. The number of amides is 3. The second kappa shape index (κ2) is 9.54. The van der Waals surface area contributed by atoms with E-state index in [1.807, 2.05) is 34.2 Å². The number of para-hydroxylation sites is 1. The SMILES string of the molecule is CC(=O)N1CCCN(C(=O)CCc2c[nH]c3ccccc23)CCNC(=O)C2CCCC21. The minimum atomic E-state index is -0.131. The standard InChI is InChI=1S/C24H32N4O3/c1-17(29)28-14-5-13-27(15-12-25-24(31)20-7-4-9-22(20)28)23(30)11-10-18-16-26-21-8-3-2-6-19(18)21/h2-3,6,8,16,20,22,26H,4-5,7,9-15H2,1H3,(H,25,31). The number of nitrogens with one attached hydrogen (secondary N) is 2. The summed E-state index contributed by atoms with van der Waals surface area (Å²) in [6, 6.07) is 8.10. The van der Waals surface area contributed by atoms with Crippen molar-refractivity contribution >= 4 is 28.6 Å². The van der Waals surface area contributed by atoms with Crippen LogP contribution in [0.2, 0.25) is 0 Å². The van der Waals surface area contributed by atoms with Gasteiger partial charge in [-0.05, 0) is 37.3 Å². The molecule has 1 saturated carbocycles. The summed E-state index contributed by atoms with van der Waals surface area (Å²) < 4.78 is 0. The zero-order chi connectivity index (χ0) is 21.8. The lowest BCUT2D eigenvalue weighted by molar-refractivity contribution is -0.134. The molecule has 1 saturated heterocycles. The summed E-state index contributed by atoms with van der Waals surface area (Å²) in [5.74, 6) is -0.00984. The van der Waals surface area contributed by atoms with Gasteiger partial charge in [-0.25, -0.2) is 0 Å². The Bertz CT molecular complexity index is 953. The van der Waals surface area contributed by atoms with Crippen molar-refractivity contribution in [3.8, 4) is 0 Å². The van der Waals surface area contributed by atoms with E-state index in [0.29, 0.717) is 39.0 Å². The van der Waals surface area contributed by atoms with Gasteiger partial charge < -0.3 is 20.1 Å². The first-order valence-corrected chi connectivity index (χ1v) is 11.4. The van der Waals surface area contributed by atoms with Crippen molar-refractivity contribution < 1.29 is 14.4 Å². The molecule has 7 heteroatoms. The van der Waals surface area contributed by atoms with Crippen LogP contribution in [0.4, 0.5) is 0 Å². The van der Waals surface area contributed by atoms with Crippen LogP contribution in [0, 0.1) is 5.92 Å². The number of carbonyl (C=O) groups excluding carboxylic acids is 3. The van der Waals surface area contributed by atoms with Gasteiger partial charge in [0.15, 0.2) is 0 Å². The summed E-state index contributed by atoms with van der Waals surface area (Å²) in [7, 11) is 0. The number of nitrogens with zero attached hydrogens (tertiary/aromatic N) is 2. The van der Waals surface area contributed by atoms with E-state index < -0.39 is 0 Å². The molecule has 2 heterocycles. The Hall–Kier alpha value is -2.83. The smallest absolute Gasteiger partial charge is 0.225 e. The van der Waals surface area contributed by atoms with E-state index in [2.05, 4.69) is 16.4 Å². The number of hydrogen-bond donors (Lipinski definition) is 2. The van der Waals surface area contributed by atoms with Crippen LogP contribution in [0.5, 0.6) is 0 Å². The molecular formula is C24H32N4O3. The van der Waals surface area contributed by atoms with E-state index >= 15 is 0 Å². The molecule has 7 nitrogen and oxygen atoms in total. The van der Waals surface area contributed by atoms with Crippen LogP contribution in [0.15, 0.2) is 30.5 Å². The molecule has 166 valence electrons. The highest BCUT2D eigenvalue weighted by Crippen LogP contribution is 2.31. The maximum absolute atomic E-state index is 13.0. The highest BCUT2D eigenvalue weighted by molar-refractivity contribution is 5.84. The number of hydrogen-bond acceptors (Lipinski definition) is 3. The van der Waals surface area contributed by atoms with Gasteiger partial charge in [0.2, 0.25) is 17.7 Å². The van der Waals surface area contributed by atoms with Crippen molar-refractivity contribution in [2.75, 3.05) is 26.2 Å². The van der Waals surface area contributed by atoms with Crippen molar-refractivity contribution in [2.24, 2.45) is 5.92 Å². The Kier molecular flexibility index (Phi) is 6.59. The number of rotatable bonds is 3. The minimum Gasteiger partial charge on any atom is -0.361 e. The molecule has 2 aliphatic rings. The van der Waals surface area contributed by atoms with Crippen molar-refractivity contribution in [3.05, 3.63) is 36.0 Å². The second-order valence-electron chi connectivity index (χ2n) is 8.70. The first-order valence-electron chi connectivity index (χ1n) is 11.4. The Morgan fingerprint density at radius 1 is 1.10 bits per heavy atom. The average molecular weight is 425 g/mol. The molecule has 1 aromatic heterocycles. The van der Waals surface area contributed by atoms with E-state index in [9.17, 15) is 14.4 Å². The van der Waals surface area contributed by atoms with Gasteiger partial charge in [-0.15, -0.1) is 0 Å². The normalized spacial score (nSPS) is 22.7. The Morgan fingerprint density at radius 3 is 2.77 bits per heavy atom. The van der Waals surface area contributed by atoms with Crippen molar-refractivity contribution in [1.29, 1.82) is 0 Å². The van der Waals surface area contributed by atoms with E-state index in [-0.39, 0.29) is 29.7 Å². The Labute approximate surface area is 183 Å². The number of benzene rings is 1. The molecule has 0 bridgehead atoms. The number of H-pyrrole nitrogens is 1. The van der Waals surface area contributed by atoms with Crippen molar-refractivity contribution in [3.63, 3.8) is 0 Å². The van der Waals surface area contributed by atoms with Crippen LogP contribution in [0.3, 0.4) is 0 Å². The monoisotopic (exact) mass is 424 g/mol. The Morgan fingerprint density at radius 2 is 1.94 bits per heavy atom. The molecule has 0 radical (unpaired) electrons. The quantitative estimate of drug-likeness (QED) is 0.794. The van der Waals surface area contributed by atoms with Crippen LogP contribution in [0.25, 0.3) is 10.9 Å². The van der Waals surface area contributed by atoms with Gasteiger partial charge in [-0.2, -0.15) is 0 Å². The van der Waals surface area contributed by atoms with Gasteiger partial charge in [0, 0.05) is 62.7 Å². The van der Waals surface area contributed by atoms with Crippen LogP contribution >= 0.6 is 0 Å². The van der Waals surface area contributed by atoms with Crippen LogP contribution in [0.1, 0.15) is 44.6 Å². The molecular weight excluding hydrogens is 392 g/mol. The predicted octanol–water partition coefficient (Wildman–Crippen LogP) is 2.47. The molecule has 0 spiro atoms. The van der Waals surface area contributed by atoms with E-state index in [1.165, 1.54) is 0 Å². The molecule has 2 fully saturated rings. The molecule has 3 amide bonds. The van der Waals surface area contributed by atoms with Crippen molar-refractivity contribution in [2.45, 2.75) is 51.5 Å². The number of aromatic amines is 1. The average Bonchev–Trinajstić information content (AvgIpc) is 3.40. The summed E-state index contributed by atoms with van der Waals surface area (Å²) in [4.78, 5) is 44.9. The molecule has 1 aliphatic heterocycles. The summed E-state index contributed by atoms with van der Waals surface area (Å²) in [5, 5.41) is 4.17. The lowest BCUT2D eigenvalue weighted by Gasteiger charge is -2.31.